The molecule has 0 aromatic heterocycles. The highest BCUT2D eigenvalue weighted by Crippen LogP contribution is 2.68. The molecule has 4 rings (SSSR count). The molecule has 0 radical (unpaired) electrons. The molecule has 0 amide bonds. The Hall–Kier alpha value is -1.14. The predicted molar refractivity (Wildman–Crippen MR) is 161 cm³/mol. The number of carbonyl (C=O) groups excluding carboxylic acids is 2. The zero-order valence-corrected chi connectivity index (χ0v) is 27.6. The van der Waals surface area contributed by atoms with Crippen LogP contribution in [0.5, 0.6) is 0 Å². The highest BCUT2D eigenvalue weighted by molar-refractivity contribution is 5.76. The van der Waals surface area contributed by atoms with Gasteiger partial charge in [-0.15, -0.1) is 0 Å². The molecule has 4 aliphatic rings. The molecule has 236 valence electrons. The Bertz CT molecular complexity index is 943. The van der Waals surface area contributed by atoms with Crippen molar-refractivity contribution >= 4 is 11.9 Å². The summed E-state index contributed by atoms with van der Waals surface area (Å²) >= 11 is 0. The van der Waals surface area contributed by atoms with Crippen molar-refractivity contribution in [3.05, 3.63) is 0 Å². The number of rotatable bonds is 10. The average Bonchev–Trinajstić information content (AvgIpc) is 3.26. The zero-order chi connectivity index (χ0) is 30.4. The van der Waals surface area contributed by atoms with Gasteiger partial charge in [-0.3, -0.25) is 9.59 Å². The van der Waals surface area contributed by atoms with Gasteiger partial charge in [0.1, 0.15) is 11.7 Å². The molecule has 0 saturated heterocycles. The van der Waals surface area contributed by atoms with E-state index in [1.54, 1.807) is 7.11 Å². The molecule has 0 spiro atoms. The van der Waals surface area contributed by atoms with E-state index in [2.05, 4.69) is 27.7 Å². The summed E-state index contributed by atoms with van der Waals surface area (Å²) in [5, 5.41) is 11.9. The summed E-state index contributed by atoms with van der Waals surface area (Å²) in [5.74, 6) is 2.85. The van der Waals surface area contributed by atoms with Crippen LogP contribution in [0.3, 0.4) is 0 Å². The lowest BCUT2D eigenvalue weighted by Gasteiger charge is -2.62. The van der Waals surface area contributed by atoms with Crippen LogP contribution < -0.4 is 0 Å². The van der Waals surface area contributed by atoms with E-state index < -0.39 is 11.0 Å². The summed E-state index contributed by atoms with van der Waals surface area (Å²) < 4.78 is 17.0. The van der Waals surface area contributed by atoms with Crippen molar-refractivity contribution in [2.24, 2.45) is 51.8 Å². The van der Waals surface area contributed by atoms with E-state index in [0.29, 0.717) is 48.5 Å². The third-order valence-corrected chi connectivity index (χ3v) is 12.9. The number of esters is 2. The Morgan fingerprint density at radius 2 is 1.71 bits per heavy atom. The molecular formula is C35H60O6. The van der Waals surface area contributed by atoms with Gasteiger partial charge < -0.3 is 19.3 Å². The van der Waals surface area contributed by atoms with Crippen LogP contribution in [-0.4, -0.2) is 48.6 Å². The molecule has 4 aliphatic carbocycles. The highest BCUT2D eigenvalue weighted by Gasteiger charge is 2.64. The lowest BCUT2D eigenvalue weighted by molar-refractivity contribution is -0.185. The fourth-order valence-electron chi connectivity index (χ4n) is 9.99. The molecule has 0 bridgehead atoms. The molecule has 10 atom stereocenters. The molecule has 6 heteroatoms. The Balaban J connectivity index is 1.40. The SMILES string of the molecule is CCC(C)(C)C(=O)OC1CC[C@@]2(C)C(CCC3C2CC(O)[C@]2(C)C(C(C)CCC(=O)OC(C)(C)COC)CCC32)C1. The zero-order valence-electron chi connectivity index (χ0n) is 27.6. The second kappa shape index (κ2) is 12.1. The lowest BCUT2D eigenvalue weighted by Crippen LogP contribution is -2.59. The first kappa shape index (κ1) is 32.8. The van der Waals surface area contributed by atoms with Crippen molar-refractivity contribution in [3.63, 3.8) is 0 Å². The number of aliphatic hydroxyl groups excluding tert-OH is 1. The number of carbonyl (C=O) groups is 2. The van der Waals surface area contributed by atoms with Crippen LogP contribution in [0.25, 0.3) is 0 Å². The summed E-state index contributed by atoms with van der Waals surface area (Å²) in [6, 6.07) is 0. The van der Waals surface area contributed by atoms with Crippen LogP contribution in [0.15, 0.2) is 0 Å². The quantitative estimate of drug-likeness (QED) is 0.274. The molecule has 4 fully saturated rings. The summed E-state index contributed by atoms with van der Waals surface area (Å²) in [6.07, 6.45) is 10.3. The van der Waals surface area contributed by atoms with Crippen LogP contribution in [0.1, 0.15) is 126 Å². The first-order valence-corrected chi connectivity index (χ1v) is 16.7. The Kier molecular flexibility index (Phi) is 9.67. The fourth-order valence-corrected chi connectivity index (χ4v) is 9.99. The number of hydrogen-bond donors (Lipinski definition) is 1. The molecule has 41 heavy (non-hydrogen) atoms. The van der Waals surface area contributed by atoms with Gasteiger partial charge in [-0.2, -0.15) is 0 Å². The van der Waals surface area contributed by atoms with E-state index in [4.69, 9.17) is 14.2 Å². The number of methoxy groups -OCH3 is 1. The number of aliphatic hydroxyl groups is 1. The van der Waals surface area contributed by atoms with Gasteiger partial charge >= 0.3 is 11.9 Å². The molecule has 4 saturated carbocycles. The van der Waals surface area contributed by atoms with Crippen molar-refractivity contribution in [1.82, 2.24) is 0 Å². The topological polar surface area (TPSA) is 82.1 Å². The maximum absolute atomic E-state index is 12.8. The third-order valence-electron chi connectivity index (χ3n) is 12.9. The normalized spacial score (nSPS) is 39.7. The number of ether oxygens (including phenoxy) is 3. The summed E-state index contributed by atoms with van der Waals surface area (Å²) in [6.45, 7) is 17.3. The number of hydrogen-bond acceptors (Lipinski definition) is 6. The first-order valence-electron chi connectivity index (χ1n) is 16.7. The fraction of sp³-hybridized carbons (Fsp3) is 0.943. The average molecular weight is 577 g/mol. The smallest absolute Gasteiger partial charge is 0.311 e. The van der Waals surface area contributed by atoms with Gasteiger partial charge in [0.05, 0.1) is 18.1 Å². The monoisotopic (exact) mass is 576 g/mol. The van der Waals surface area contributed by atoms with Gasteiger partial charge in [0.25, 0.3) is 0 Å². The van der Waals surface area contributed by atoms with Crippen molar-refractivity contribution in [2.75, 3.05) is 13.7 Å². The molecule has 0 heterocycles. The van der Waals surface area contributed by atoms with Crippen LogP contribution >= 0.6 is 0 Å². The molecule has 1 N–H and O–H groups in total. The molecular weight excluding hydrogens is 516 g/mol. The second-order valence-electron chi connectivity index (χ2n) is 16.2. The molecule has 0 aliphatic heterocycles. The van der Waals surface area contributed by atoms with Gasteiger partial charge in [0, 0.05) is 13.5 Å². The van der Waals surface area contributed by atoms with Gasteiger partial charge in [-0.1, -0.05) is 27.7 Å². The largest absolute Gasteiger partial charge is 0.462 e. The standard InChI is InChI=1S/C35H60O6/c1-10-32(3,4)31(38)40-24-17-18-34(7)23(19-24)12-13-25-27-15-14-26(35(27,8)29(36)20-28(25)34)22(2)11-16-30(37)41-33(5,6)21-39-9/h22-29,36H,10-21H2,1-9H3/t22?,23?,24?,25?,26?,27?,28?,29?,34-,35+/m0/s1. The summed E-state index contributed by atoms with van der Waals surface area (Å²) in [7, 11) is 1.62. The first-order chi connectivity index (χ1) is 19.1. The summed E-state index contributed by atoms with van der Waals surface area (Å²) in [5.41, 5.74) is -0.929. The summed E-state index contributed by atoms with van der Waals surface area (Å²) in [4.78, 5) is 25.4. The minimum atomic E-state index is -0.615. The van der Waals surface area contributed by atoms with Crippen molar-refractivity contribution in [3.8, 4) is 0 Å². The molecule has 0 aromatic rings. The van der Waals surface area contributed by atoms with Crippen molar-refractivity contribution < 1.29 is 28.9 Å². The predicted octanol–water partition coefficient (Wildman–Crippen LogP) is 7.35. The van der Waals surface area contributed by atoms with Crippen LogP contribution in [0.2, 0.25) is 0 Å². The van der Waals surface area contributed by atoms with E-state index in [1.165, 1.54) is 19.3 Å². The minimum absolute atomic E-state index is 0.0326. The Morgan fingerprint density at radius 3 is 2.37 bits per heavy atom. The molecule has 6 nitrogen and oxygen atoms in total. The Morgan fingerprint density at radius 1 is 1.00 bits per heavy atom. The van der Waals surface area contributed by atoms with Crippen molar-refractivity contribution in [2.45, 2.75) is 144 Å². The van der Waals surface area contributed by atoms with E-state index in [9.17, 15) is 14.7 Å². The van der Waals surface area contributed by atoms with E-state index >= 15 is 0 Å². The third kappa shape index (κ3) is 6.26. The minimum Gasteiger partial charge on any atom is -0.462 e. The van der Waals surface area contributed by atoms with Crippen LogP contribution in [-0.2, 0) is 23.8 Å². The number of fused-ring (bicyclic) bond motifs is 5. The molecule has 8 unspecified atom stereocenters. The van der Waals surface area contributed by atoms with Gasteiger partial charge in [-0.05, 0) is 138 Å². The van der Waals surface area contributed by atoms with Gasteiger partial charge in [0.15, 0.2) is 0 Å². The van der Waals surface area contributed by atoms with Crippen molar-refractivity contribution in [1.29, 1.82) is 0 Å². The lowest BCUT2D eigenvalue weighted by atomic mass is 9.43. The maximum Gasteiger partial charge on any atom is 0.311 e. The Labute approximate surface area is 250 Å². The maximum atomic E-state index is 12.8. The van der Waals surface area contributed by atoms with E-state index in [1.807, 2.05) is 27.7 Å². The van der Waals surface area contributed by atoms with Crippen LogP contribution in [0, 0.1) is 51.8 Å². The molecule has 0 aromatic carbocycles. The van der Waals surface area contributed by atoms with E-state index in [-0.39, 0.29) is 35.0 Å². The van der Waals surface area contributed by atoms with E-state index in [0.717, 1.165) is 44.9 Å². The van der Waals surface area contributed by atoms with Crippen LogP contribution in [0.4, 0.5) is 0 Å². The second-order valence-corrected chi connectivity index (χ2v) is 16.2. The highest BCUT2D eigenvalue weighted by atomic mass is 16.6. The van der Waals surface area contributed by atoms with Gasteiger partial charge in [-0.25, -0.2) is 0 Å². The van der Waals surface area contributed by atoms with Gasteiger partial charge in [0.2, 0.25) is 0 Å².